The van der Waals surface area contributed by atoms with Crippen molar-refractivity contribution in [1.29, 1.82) is 0 Å². The lowest BCUT2D eigenvalue weighted by molar-refractivity contribution is 0.0953. The van der Waals surface area contributed by atoms with Crippen LogP contribution in [0.5, 0.6) is 11.5 Å². The second kappa shape index (κ2) is 10.0. The molecule has 4 aromatic rings. The van der Waals surface area contributed by atoms with Crippen LogP contribution in [-0.4, -0.2) is 26.7 Å². The minimum Gasteiger partial charge on any atom is -0.493 e. The summed E-state index contributed by atoms with van der Waals surface area (Å²) in [6, 6.07) is 22.2. The van der Waals surface area contributed by atoms with E-state index in [0.29, 0.717) is 47.6 Å². The van der Waals surface area contributed by atoms with Crippen molar-refractivity contribution in [3.05, 3.63) is 106 Å². The third-order valence-electron chi connectivity index (χ3n) is 5.49. The summed E-state index contributed by atoms with van der Waals surface area (Å²) >= 11 is 0. The monoisotopic (exact) mass is 443 g/mol. The van der Waals surface area contributed by atoms with Crippen LogP contribution in [0, 0.1) is 0 Å². The summed E-state index contributed by atoms with van der Waals surface area (Å²) in [6.45, 7) is 0.466. The van der Waals surface area contributed by atoms with Crippen LogP contribution < -0.4 is 20.4 Å². The molecule has 0 atom stereocenters. The smallest absolute Gasteiger partial charge is 0.343 e. The highest BCUT2D eigenvalue weighted by Crippen LogP contribution is 2.27. The fourth-order valence-corrected chi connectivity index (χ4v) is 3.81. The van der Waals surface area contributed by atoms with Gasteiger partial charge < -0.3 is 19.2 Å². The van der Waals surface area contributed by atoms with Gasteiger partial charge in [-0.15, -0.1) is 0 Å². The van der Waals surface area contributed by atoms with Crippen molar-refractivity contribution >= 4 is 16.7 Å². The maximum atomic E-state index is 12.9. The largest absolute Gasteiger partial charge is 0.493 e. The summed E-state index contributed by atoms with van der Waals surface area (Å²) in [5.41, 5.74) is 2.00. The molecule has 0 aliphatic heterocycles. The van der Waals surface area contributed by atoms with E-state index in [1.165, 1.54) is 0 Å². The standard InChI is InChI=1S/C27H25NO5/c1-31-24-12-11-18(15-25(24)32-2)13-14-28-26(29)22-9-5-3-7-19(22)16-21-17-20-8-4-6-10-23(20)27(30)33-21/h3-12,15,17H,13-14,16H2,1-2H3,(H,28,29). The SMILES string of the molecule is COc1ccc(CCNC(=O)c2ccccc2Cc2cc3ccccc3c(=O)o2)cc1OC. The number of hydrogen-bond donors (Lipinski definition) is 1. The second-order valence-corrected chi connectivity index (χ2v) is 7.62. The van der Waals surface area contributed by atoms with Crippen molar-refractivity contribution in [2.24, 2.45) is 0 Å². The van der Waals surface area contributed by atoms with Gasteiger partial charge in [0.05, 0.1) is 19.6 Å². The fraction of sp³-hybridized carbons (Fsp3) is 0.185. The van der Waals surface area contributed by atoms with Crippen molar-refractivity contribution in [2.75, 3.05) is 20.8 Å². The van der Waals surface area contributed by atoms with Crippen LogP contribution in [0.15, 0.2) is 82.0 Å². The lowest BCUT2D eigenvalue weighted by Crippen LogP contribution is -2.26. The lowest BCUT2D eigenvalue weighted by Gasteiger charge is -2.12. The molecule has 0 saturated carbocycles. The molecule has 0 unspecified atom stereocenters. The van der Waals surface area contributed by atoms with Crippen LogP contribution in [0.2, 0.25) is 0 Å². The Morgan fingerprint density at radius 2 is 1.67 bits per heavy atom. The molecular weight excluding hydrogens is 418 g/mol. The van der Waals surface area contributed by atoms with Gasteiger partial charge in [0.1, 0.15) is 5.76 Å². The average Bonchev–Trinajstić information content (AvgIpc) is 2.84. The Bertz CT molecular complexity index is 1340. The van der Waals surface area contributed by atoms with E-state index >= 15 is 0 Å². The Morgan fingerprint density at radius 3 is 2.48 bits per heavy atom. The van der Waals surface area contributed by atoms with Crippen LogP contribution in [-0.2, 0) is 12.8 Å². The first kappa shape index (κ1) is 22.1. The topological polar surface area (TPSA) is 77.8 Å². The number of carbonyl (C=O) groups excluding carboxylic acids is 1. The summed E-state index contributed by atoms with van der Waals surface area (Å²) in [4.78, 5) is 25.2. The van der Waals surface area contributed by atoms with Gasteiger partial charge in [0.25, 0.3) is 5.91 Å². The van der Waals surface area contributed by atoms with Crippen LogP contribution in [0.25, 0.3) is 10.8 Å². The van der Waals surface area contributed by atoms with Crippen molar-refractivity contribution in [3.8, 4) is 11.5 Å². The maximum absolute atomic E-state index is 12.9. The molecule has 33 heavy (non-hydrogen) atoms. The van der Waals surface area contributed by atoms with Crippen molar-refractivity contribution in [3.63, 3.8) is 0 Å². The van der Waals surface area contributed by atoms with Gasteiger partial charge in [-0.05, 0) is 53.3 Å². The highest BCUT2D eigenvalue weighted by molar-refractivity contribution is 5.95. The number of benzene rings is 3. The summed E-state index contributed by atoms with van der Waals surface area (Å²) in [7, 11) is 3.19. The highest BCUT2D eigenvalue weighted by Gasteiger charge is 2.13. The van der Waals surface area contributed by atoms with E-state index < -0.39 is 0 Å². The normalized spacial score (nSPS) is 10.7. The lowest BCUT2D eigenvalue weighted by atomic mass is 10.0. The van der Waals surface area contributed by atoms with Gasteiger partial charge in [-0.2, -0.15) is 0 Å². The van der Waals surface area contributed by atoms with Gasteiger partial charge in [0.15, 0.2) is 11.5 Å². The molecule has 3 aromatic carbocycles. The van der Waals surface area contributed by atoms with Gasteiger partial charge >= 0.3 is 5.63 Å². The number of fused-ring (bicyclic) bond motifs is 1. The predicted molar refractivity (Wildman–Crippen MR) is 127 cm³/mol. The molecule has 0 bridgehead atoms. The van der Waals surface area contributed by atoms with E-state index in [2.05, 4.69) is 5.32 Å². The molecule has 0 fully saturated rings. The van der Waals surface area contributed by atoms with Crippen LogP contribution in [0.4, 0.5) is 0 Å². The molecule has 1 amide bonds. The molecule has 1 aromatic heterocycles. The van der Waals surface area contributed by atoms with Gasteiger partial charge in [-0.3, -0.25) is 4.79 Å². The molecule has 0 radical (unpaired) electrons. The fourth-order valence-electron chi connectivity index (χ4n) is 3.81. The molecule has 1 N–H and O–H groups in total. The number of nitrogens with one attached hydrogen (secondary N) is 1. The molecular formula is C27H25NO5. The first-order valence-corrected chi connectivity index (χ1v) is 10.7. The Balaban J connectivity index is 1.46. The zero-order chi connectivity index (χ0) is 23.2. The molecule has 168 valence electrons. The van der Waals surface area contributed by atoms with Gasteiger partial charge in [0.2, 0.25) is 0 Å². The van der Waals surface area contributed by atoms with Crippen molar-refractivity contribution < 1.29 is 18.7 Å². The molecule has 1 heterocycles. The molecule has 6 heteroatoms. The average molecular weight is 443 g/mol. The van der Waals surface area contributed by atoms with Gasteiger partial charge in [-0.25, -0.2) is 4.79 Å². The molecule has 4 rings (SSSR count). The summed E-state index contributed by atoms with van der Waals surface area (Å²) in [5.74, 6) is 1.67. The Hall–Kier alpha value is -4.06. The quantitative estimate of drug-likeness (QED) is 0.437. The van der Waals surface area contributed by atoms with E-state index in [1.54, 1.807) is 32.4 Å². The number of rotatable bonds is 8. The highest BCUT2D eigenvalue weighted by atomic mass is 16.5. The number of hydrogen-bond acceptors (Lipinski definition) is 5. The minimum absolute atomic E-state index is 0.172. The van der Waals surface area contributed by atoms with E-state index in [4.69, 9.17) is 13.9 Å². The molecule has 0 aliphatic rings. The molecule has 0 aliphatic carbocycles. The summed E-state index contributed by atoms with van der Waals surface area (Å²) in [6.07, 6.45) is 0.993. The second-order valence-electron chi connectivity index (χ2n) is 7.62. The zero-order valence-electron chi connectivity index (χ0n) is 18.6. The van der Waals surface area contributed by atoms with Gasteiger partial charge in [0, 0.05) is 18.5 Å². The third-order valence-corrected chi connectivity index (χ3v) is 5.49. The summed E-state index contributed by atoms with van der Waals surface area (Å²) < 4.78 is 16.1. The van der Waals surface area contributed by atoms with Crippen LogP contribution in [0.3, 0.4) is 0 Å². The number of amides is 1. The van der Waals surface area contributed by atoms with Gasteiger partial charge in [-0.1, -0.05) is 42.5 Å². The molecule has 0 spiro atoms. The van der Waals surface area contributed by atoms with E-state index in [9.17, 15) is 9.59 Å². The minimum atomic E-state index is -0.375. The van der Waals surface area contributed by atoms with E-state index in [-0.39, 0.29) is 11.5 Å². The Labute approximate surface area is 191 Å². The number of methoxy groups -OCH3 is 2. The number of carbonyl (C=O) groups is 1. The van der Waals surface area contributed by atoms with Crippen molar-refractivity contribution in [1.82, 2.24) is 5.32 Å². The first-order valence-electron chi connectivity index (χ1n) is 10.7. The van der Waals surface area contributed by atoms with E-state index in [1.807, 2.05) is 54.6 Å². The molecule has 0 saturated heterocycles. The Kier molecular flexibility index (Phi) is 6.74. The predicted octanol–water partition coefficient (Wildman–Crippen LogP) is 4.37. The number of ether oxygens (including phenoxy) is 2. The maximum Gasteiger partial charge on any atom is 0.343 e. The summed E-state index contributed by atoms with van der Waals surface area (Å²) in [5, 5.41) is 4.34. The van der Waals surface area contributed by atoms with Crippen molar-refractivity contribution in [2.45, 2.75) is 12.8 Å². The van der Waals surface area contributed by atoms with Crippen LogP contribution in [0.1, 0.15) is 27.2 Å². The first-order chi connectivity index (χ1) is 16.1. The molecule has 6 nitrogen and oxygen atoms in total. The Morgan fingerprint density at radius 1 is 0.909 bits per heavy atom. The zero-order valence-corrected chi connectivity index (χ0v) is 18.6. The van der Waals surface area contributed by atoms with Crippen LogP contribution >= 0.6 is 0 Å². The van der Waals surface area contributed by atoms with E-state index in [0.717, 1.165) is 16.5 Å². The third kappa shape index (κ3) is 5.06.